The molecule has 0 N–H and O–H groups in total. The summed E-state index contributed by atoms with van der Waals surface area (Å²) in [6, 6.07) is 9.75. The molecule has 0 aliphatic carbocycles. The number of rotatable bonds is 5. The first-order valence-corrected chi connectivity index (χ1v) is 7.09. The van der Waals surface area contributed by atoms with Crippen LogP contribution < -0.4 is 4.74 Å². The van der Waals surface area contributed by atoms with Gasteiger partial charge in [-0.05, 0) is 23.6 Å². The van der Waals surface area contributed by atoms with Gasteiger partial charge in [0.05, 0.1) is 12.5 Å². The number of hydrogen-bond acceptors (Lipinski definition) is 2. The molecule has 2 rings (SSSR count). The van der Waals surface area contributed by atoms with E-state index >= 15 is 0 Å². The second-order valence-electron chi connectivity index (χ2n) is 3.53. The summed E-state index contributed by atoms with van der Waals surface area (Å²) in [6.07, 6.45) is 0.909. The molecule has 90 valence electrons. The van der Waals surface area contributed by atoms with E-state index in [1.165, 1.54) is 4.88 Å². The highest BCUT2D eigenvalue weighted by Gasteiger charge is 2.06. The SMILES string of the molecule is ClCc1c(Cl)cccc1OCCc1cccs1. The van der Waals surface area contributed by atoms with Crippen molar-refractivity contribution in [3.05, 3.63) is 51.2 Å². The van der Waals surface area contributed by atoms with Gasteiger partial charge in [-0.3, -0.25) is 0 Å². The Bertz CT molecular complexity index is 468. The van der Waals surface area contributed by atoms with Crippen molar-refractivity contribution in [3.63, 3.8) is 0 Å². The van der Waals surface area contributed by atoms with Gasteiger partial charge in [-0.15, -0.1) is 22.9 Å². The van der Waals surface area contributed by atoms with E-state index in [1.807, 2.05) is 24.3 Å². The molecule has 0 unspecified atom stereocenters. The van der Waals surface area contributed by atoms with E-state index in [9.17, 15) is 0 Å². The average molecular weight is 287 g/mol. The normalized spacial score (nSPS) is 10.5. The minimum Gasteiger partial charge on any atom is -0.493 e. The van der Waals surface area contributed by atoms with Gasteiger partial charge in [0.15, 0.2) is 0 Å². The maximum absolute atomic E-state index is 6.05. The number of alkyl halides is 1. The van der Waals surface area contributed by atoms with E-state index in [2.05, 4.69) is 11.4 Å². The molecular weight excluding hydrogens is 275 g/mol. The summed E-state index contributed by atoms with van der Waals surface area (Å²) in [6.45, 7) is 0.644. The van der Waals surface area contributed by atoms with Crippen molar-refractivity contribution >= 4 is 34.5 Å². The van der Waals surface area contributed by atoms with Crippen LogP contribution in [-0.4, -0.2) is 6.61 Å². The van der Waals surface area contributed by atoms with Crippen LogP contribution in [0.2, 0.25) is 5.02 Å². The van der Waals surface area contributed by atoms with Gasteiger partial charge in [-0.2, -0.15) is 0 Å². The molecule has 0 saturated carbocycles. The van der Waals surface area contributed by atoms with Crippen molar-refractivity contribution in [3.8, 4) is 5.75 Å². The highest BCUT2D eigenvalue weighted by atomic mass is 35.5. The Balaban J connectivity index is 1.97. The van der Waals surface area contributed by atoms with Gasteiger partial charge in [0.25, 0.3) is 0 Å². The van der Waals surface area contributed by atoms with Gasteiger partial charge in [-0.25, -0.2) is 0 Å². The molecule has 17 heavy (non-hydrogen) atoms. The number of benzene rings is 1. The molecule has 0 amide bonds. The van der Waals surface area contributed by atoms with Crippen LogP contribution in [0.5, 0.6) is 5.75 Å². The summed E-state index contributed by atoms with van der Waals surface area (Å²) in [4.78, 5) is 1.32. The van der Waals surface area contributed by atoms with Crippen LogP contribution in [0.25, 0.3) is 0 Å². The zero-order valence-corrected chi connectivity index (χ0v) is 11.5. The summed E-state index contributed by atoms with van der Waals surface area (Å²) in [5, 5.41) is 2.73. The van der Waals surface area contributed by atoms with E-state index in [4.69, 9.17) is 27.9 Å². The number of ether oxygens (including phenoxy) is 1. The highest BCUT2D eigenvalue weighted by Crippen LogP contribution is 2.28. The maximum atomic E-state index is 6.05. The Morgan fingerprint density at radius 2 is 2.06 bits per heavy atom. The third-order valence-corrected chi connectivity index (χ3v) is 3.95. The molecule has 0 saturated heterocycles. The Labute approximate surface area is 115 Å². The summed E-state index contributed by atoms with van der Waals surface area (Å²) in [7, 11) is 0. The Hall–Kier alpha value is -0.700. The Morgan fingerprint density at radius 3 is 2.76 bits per heavy atom. The van der Waals surface area contributed by atoms with Crippen molar-refractivity contribution in [2.45, 2.75) is 12.3 Å². The fourth-order valence-corrected chi connectivity index (χ4v) is 2.79. The average Bonchev–Trinajstić information content (AvgIpc) is 2.82. The molecule has 0 aliphatic rings. The minimum absolute atomic E-state index is 0.369. The molecule has 1 heterocycles. The van der Waals surface area contributed by atoms with Gasteiger partial charge >= 0.3 is 0 Å². The Morgan fingerprint density at radius 1 is 1.18 bits per heavy atom. The first kappa shape index (κ1) is 12.7. The minimum atomic E-state index is 0.369. The summed E-state index contributed by atoms with van der Waals surface area (Å²) >= 11 is 13.6. The van der Waals surface area contributed by atoms with Crippen LogP contribution in [0, 0.1) is 0 Å². The third-order valence-electron chi connectivity index (χ3n) is 2.40. The lowest BCUT2D eigenvalue weighted by atomic mass is 10.2. The summed E-state index contributed by atoms with van der Waals surface area (Å²) in [5.41, 5.74) is 0.863. The zero-order chi connectivity index (χ0) is 12.1. The van der Waals surface area contributed by atoms with Crippen molar-refractivity contribution in [2.24, 2.45) is 0 Å². The molecule has 0 spiro atoms. The van der Waals surface area contributed by atoms with Crippen molar-refractivity contribution in [2.75, 3.05) is 6.61 Å². The van der Waals surface area contributed by atoms with Gasteiger partial charge < -0.3 is 4.74 Å². The monoisotopic (exact) mass is 286 g/mol. The molecule has 0 aliphatic heterocycles. The first-order valence-electron chi connectivity index (χ1n) is 5.30. The lowest BCUT2D eigenvalue weighted by Gasteiger charge is -2.10. The zero-order valence-electron chi connectivity index (χ0n) is 9.16. The molecule has 1 nitrogen and oxygen atoms in total. The molecule has 0 atom stereocenters. The molecular formula is C13H12Cl2OS. The third kappa shape index (κ3) is 3.38. The molecule has 0 bridgehead atoms. The van der Waals surface area contributed by atoms with Crippen molar-refractivity contribution in [1.29, 1.82) is 0 Å². The quantitative estimate of drug-likeness (QED) is 0.720. The molecule has 1 aromatic heterocycles. The molecule has 4 heteroatoms. The van der Waals surface area contributed by atoms with Gasteiger partial charge in [0.2, 0.25) is 0 Å². The summed E-state index contributed by atoms with van der Waals surface area (Å²) < 4.78 is 5.72. The Kier molecular flexibility index (Phi) is 4.72. The number of halogens is 2. The highest BCUT2D eigenvalue weighted by molar-refractivity contribution is 7.09. The van der Waals surface area contributed by atoms with Crippen LogP contribution in [0.3, 0.4) is 0 Å². The van der Waals surface area contributed by atoms with Crippen molar-refractivity contribution < 1.29 is 4.74 Å². The van der Waals surface area contributed by atoms with E-state index in [0.717, 1.165) is 17.7 Å². The van der Waals surface area contributed by atoms with Gasteiger partial charge in [0, 0.05) is 21.9 Å². The number of hydrogen-bond donors (Lipinski definition) is 0. The fourth-order valence-electron chi connectivity index (χ4n) is 1.52. The van der Waals surface area contributed by atoms with E-state index in [1.54, 1.807) is 11.3 Å². The van der Waals surface area contributed by atoms with E-state index < -0.39 is 0 Å². The number of thiophene rings is 1. The van der Waals surface area contributed by atoms with Crippen LogP contribution in [-0.2, 0) is 12.3 Å². The maximum Gasteiger partial charge on any atom is 0.125 e. The molecule has 1 aromatic carbocycles. The molecule has 0 radical (unpaired) electrons. The van der Waals surface area contributed by atoms with Crippen LogP contribution >= 0.6 is 34.5 Å². The first-order chi connectivity index (χ1) is 8.31. The lowest BCUT2D eigenvalue weighted by Crippen LogP contribution is -2.02. The second-order valence-corrected chi connectivity index (χ2v) is 5.23. The predicted octanol–water partition coefficient (Wildman–Crippen LogP) is 4.76. The lowest BCUT2D eigenvalue weighted by molar-refractivity contribution is 0.320. The molecule has 2 aromatic rings. The fraction of sp³-hybridized carbons (Fsp3) is 0.231. The van der Waals surface area contributed by atoms with Crippen LogP contribution in [0.1, 0.15) is 10.4 Å². The van der Waals surface area contributed by atoms with E-state index in [0.29, 0.717) is 17.5 Å². The van der Waals surface area contributed by atoms with Crippen LogP contribution in [0.15, 0.2) is 35.7 Å². The second kappa shape index (κ2) is 6.29. The summed E-state index contributed by atoms with van der Waals surface area (Å²) in [5.74, 6) is 1.15. The van der Waals surface area contributed by atoms with Gasteiger partial charge in [0.1, 0.15) is 5.75 Å². The topological polar surface area (TPSA) is 9.23 Å². The largest absolute Gasteiger partial charge is 0.493 e. The van der Waals surface area contributed by atoms with Crippen LogP contribution in [0.4, 0.5) is 0 Å². The molecule has 0 fully saturated rings. The van der Waals surface area contributed by atoms with Gasteiger partial charge in [-0.1, -0.05) is 23.7 Å². The van der Waals surface area contributed by atoms with E-state index in [-0.39, 0.29) is 0 Å². The predicted molar refractivity (Wildman–Crippen MR) is 74.5 cm³/mol. The van der Waals surface area contributed by atoms with Crippen molar-refractivity contribution in [1.82, 2.24) is 0 Å². The standard InChI is InChI=1S/C13H12Cl2OS/c14-9-11-12(15)4-1-5-13(11)16-7-6-10-3-2-8-17-10/h1-5,8H,6-7,9H2. The smallest absolute Gasteiger partial charge is 0.125 e.